The first kappa shape index (κ1) is 40.7. The second kappa shape index (κ2) is 28.5. The molecule has 3 N–H and O–H groups in total. The summed E-state index contributed by atoms with van der Waals surface area (Å²) in [5.41, 5.74) is 0. The fourth-order valence-corrected chi connectivity index (χ4v) is 4.07. The van der Waals surface area contributed by atoms with Crippen LogP contribution in [0.2, 0.25) is 0 Å². The van der Waals surface area contributed by atoms with Crippen LogP contribution in [0.5, 0.6) is 0 Å². The van der Waals surface area contributed by atoms with Gasteiger partial charge in [0.15, 0.2) is 6.10 Å². The van der Waals surface area contributed by atoms with Crippen molar-refractivity contribution < 1.29 is 43.0 Å². The van der Waals surface area contributed by atoms with Crippen molar-refractivity contribution in [3.63, 3.8) is 0 Å². The molecular formula is C33H55O9P. The molecule has 0 amide bonds. The molecule has 0 bridgehead atoms. The van der Waals surface area contributed by atoms with Crippen LogP contribution >= 0.6 is 7.82 Å². The molecule has 0 radical (unpaired) electrons. The molecule has 0 aliphatic carbocycles. The molecule has 0 rings (SSSR count). The van der Waals surface area contributed by atoms with Gasteiger partial charge in [0.25, 0.3) is 0 Å². The molecule has 0 aliphatic heterocycles. The van der Waals surface area contributed by atoms with Gasteiger partial charge in [-0.05, 0) is 44.9 Å². The molecule has 0 spiro atoms. The van der Waals surface area contributed by atoms with E-state index in [1.165, 1.54) is 19.3 Å². The van der Waals surface area contributed by atoms with Crippen molar-refractivity contribution in [3.05, 3.63) is 60.8 Å². The summed E-state index contributed by atoms with van der Waals surface area (Å²) in [6, 6.07) is 0. The molecule has 0 aromatic rings. The lowest BCUT2D eigenvalue weighted by atomic mass is 10.1. The highest BCUT2D eigenvalue weighted by molar-refractivity contribution is 7.46. The van der Waals surface area contributed by atoms with E-state index in [1.807, 2.05) is 37.3 Å². The van der Waals surface area contributed by atoms with E-state index in [0.717, 1.165) is 38.5 Å². The molecule has 0 fully saturated rings. The summed E-state index contributed by atoms with van der Waals surface area (Å²) in [7, 11) is -4.76. The SMILES string of the molecule is CCCCCCCCCC(=O)OC[C@H](COP(=O)(O)O)OC(=O)CCC/C=C\C/C=C\C/C=C\C/C=C\C=C\[C@H](O)CC. The van der Waals surface area contributed by atoms with E-state index < -0.39 is 32.5 Å². The predicted molar refractivity (Wildman–Crippen MR) is 171 cm³/mol. The van der Waals surface area contributed by atoms with Gasteiger partial charge in [0.1, 0.15) is 6.61 Å². The van der Waals surface area contributed by atoms with Crippen LogP contribution in [0, 0.1) is 0 Å². The van der Waals surface area contributed by atoms with Crippen molar-refractivity contribution in [3.8, 4) is 0 Å². The van der Waals surface area contributed by atoms with Gasteiger partial charge in [-0.25, -0.2) is 4.57 Å². The quantitative estimate of drug-likeness (QED) is 0.0277. The summed E-state index contributed by atoms with van der Waals surface area (Å²) in [6.07, 6.45) is 30.7. The van der Waals surface area contributed by atoms with Crippen LogP contribution < -0.4 is 0 Å². The predicted octanol–water partition coefficient (Wildman–Crippen LogP) is 7.58. The standard InChI is InChI=1S/C33H55O9P/c1-3-5-6-7-16-20-23-26-32(35)40-28-31(29-41-43(37,38)39)42-33(36)27-24-21-18-15-13-11-9-8-10-12-14-17-19-22-25-30(34)4-2/h9-12,15,17-19,22,25,30-31,34H,3-8,13-14,16,20-21,23-24,26-29H2,1-2H3,(H2,37,38,39)/b11-9-,12-10-,18-15-,19-17-,25-22+/t30-,31-/m1/s1. The minimum absolute atomic E-state index is 0.118. The molecule has 0 saturated carbocycles. The second-order valence-electron chi connectivity index (χ2n) is 10.3. The molecule has 0 unspecified atom stereocenters. The largest absolute Gasteiger partial charge is 0.469 e. The third kappa shape index (κ3) is 31.0. The Labute approximate surface area is 259 Å². The van der Waals surface area contributed by atoms with E-state index >= 15 is 0 Å². The lowest BCUT2D eigenvalue weighted by Gasteiger charge is -2.18. The molecule has 0 aromatic carbocycles. The third-order valence-corrected chi connectivity index (χ3v) is 6.69. The first-order valence-electron chi connectivity index (χ1n) is 15.7. The average Bonchev–Trinajstić information content (AvgIpc) is 2.97. The zero-order chi connectivity index (χ0) is 32.0. The Morgan fingerprint density at radius 3 is 1.93 bits per heavy atom. The zero-order valence-electron chi connectivity index (χ0n) is 26.2. The second-order valence-corrected chi connectivity index (χ2v) is 11.5. The van der Waals surface area contributed by atoms with Crippen molar-refractivity contribution in [2.75, 3.05) is 13.2 Å². The van der Waals surface area contributed by atoms with E-state index in [4.69, 9.17) is 19.3 Å². The highest BCUT2D eigenvalue weighted by Crippen LogP contribution is 2.35. The lowest BCUT2D eigenvalue weighted by molar-refractivity contribution is -0.161. The van der Waals surface area contributed by atoms with E-state index in [-0.39, 0.29) is 25.6 Å². The Hall–Kier alpha value is -2.29. The van der Waals surface area contributed by atoms with Crippen molar-refractivity contribution in [1.82, 2.24) is 0 Å². The number of rotatable bonds is 27. The Kier molecular flexibility index (Phi) is 27.0. The number of phosphoric acid groups is 1. The number of esters is 2. The first-order chi connectivity index (χ1) is 20.7. The molecule has 9 nitrogen and oxygen atoms in total. The Morgan fingerprint density at radius 1 is 0.721 bits per heavy atom. The number of phosphoric ester groups is 1. The van der Waals surface area contributed by atoms with E-state index in [0.29, 0.717) is 25.7 Å². The number of aliphatic hydroxyl groups excluding tert-OH is 1. The molecule has 10 heteroatoms. The fourth-order valence-electron chi connectivity index (χ4n) is 3.71. The Balaban J connectivity index is 4.18. The Bertz CT molecular complexity index is 902. The monoisotopic (exact) mass is 626 g/mol. The summed E-state index contributed by atoms with van der Waals surface area (Å²) in [5.74, 6) is -0.988. The van der Waals surface area contributed by atoms with Crippen molar-refractivity contribution in [2.24, 2.45) is 0 Å². The number of carbonyl (C=O) groups excluding carboxylic acids is 2. The van der Waals surface area contributed by atoms with Gasteiger partial charge in [0, 0.05) is 12.8 Å². The van der Waals surface area contributed by atoms with Crippen LogP contribution in [0.1, 0.15) is 110 Å². The normalized spacial score (nSPS) is 14.1. The topological polar surface area (TPSA) is 140 Å². The zero-order valence-corrected chi connectivity index (χ0v) is 27.1. The molecule has 2 atom stereocenters. The molecule has 0 saturated heterocycles. The summed E-state index contributed by atoms with van der Waals surface area (Å²) >= 11 is 0. The number of carbonyl (C=O) groups is 2. The highest BCUT2D eigenvalue weighted by atomic mass is 31.2. The highest BCUT2D eigenvalue weighted by Gasteiger charge is 2.22. The lowest BCUT2D eigenvalue weighted by Crippen LogP contribution is -2.29. The smallest absolute Gasteiger partial charge is 0.462 e. The summed E-state index contributed by atoms with van der Waals surface area (Å²) in [6.45, 7) is 3.21. The van der Waals surface area contributed by atoms with Crippen LogP contribution in [-0.4, -0.2) is 52.3 Å². The Morgan fingerprint density at radius 2 is 1.30 bits per heavy atom. The van der Waals surface area contributed by atoms with E-state index in [2.05, 4.69) is 35.8 Å². The van der Waals surface area contributed by atoms with Gasteiger partial charge in [0.05, 0.1) is 12.7 Å². The minimum atomic E-state index is -4.76. The first-order valence-corrected chi connectivity index (χ1v) is 17.2. The number of ether oxygens (including phenoxy) is 2. The van der Waals surface area contributed by atoms with Crippen LogP contribution in [0.25, 0.3) is 0 Å². The van der Waals surface area contributed by atoms with Gasteiger partial charge in [0.2, 0.25) is 0 Å². The molecule has 43 heavy (non-hydrogen) atoms. The molecular weight excluding hydrogens is 571 g/mol. The summed E-state index contributed by atoms with van der Waals surface area (Å²) in [4.78, 5) is 42.3. The van der Waals surface area contributed by atoms with E-state index in [9.17, 15) is 19.3 Å². The van der Waals surface area contributed by atoms with Crippen molar-refractivity contribution >= 4 is 19.8 Å². The number of allylic oxidation sites excluding steroid dienone is 9. The van der Waals surface area contributed by atoms with E-state index in [1.54, 1.807) is 6.08 Å². The van der Waals surface area contributed by atoms with Gasteiger partial charge in [-0.3, -0.25) is 14.1 Å². The van der Waals surface area contributed by atoms with Crippen LogP contribution in [-0.2, 0) is 28.2 Å². The molecule has 0 heterocycles. The third-order valence-electron chi connectivity index (χ3n) is 6.21. The number of unbranched alkanes of at least 4 members (excludes halogenated alkanes) is 7. The van der Waals surface area contributed by atoms with Gasteiger partial charge >= 0.3 is 19.8 Å². The number of aliphatic hydroxyl groups is 1. The van der Waals surface area contributed by atoms with Crippen molar-refractivity contribution in [1.29, 1.82) is 0 Å². The van der Waals surface area contributed by atoms with Gasteiger partial charge in [-0.1, -0.05) is 113 Å². The number of hydrogen-bond acceptors (Lipinski definition) is 7. The summed E-state index contributed by atoms with van der Waals surface area (Å²) < 4.78 is 26.0. The van der Waals surface area contributed by atoms with Crippen molar-refractivity contribution in [2.45, 2.75) is 122 Å². The van der Waals surface area contributed by atoms with Crippen LogP contribution in [0.15, 0.2) is 60.8 Å². The maximum atomic E-state index is 12.2. The van der Waals surface area contributed by atoms with Gasteiger partial charge in [-0.15, -0.1) is 0 Å². The average molecular weight is 627 g/mol. The minimum Gasteiger partial charge on any atom is -0.462 e. The van der Waals surface area contributed by atoms with Gasteiger partial charge in [-0.2, -0.15) is 0 Å². The maximum Gasteiger partial charge on any atom is 0.469 e. The molecule has 0 aromatic heterocycles. The van der Waals surface area contributed by atoms with Crippen LogP contribution in [0.3, 0.4) is 0 Å². The maximum absolute atomic E-state index is 12.2. The summed E-state index contributed by atoms with van der Waals surface area (Å²) in [5, 5.41) is 9.42. The van der Waals surface area contributed by atoms with Gasteiger partial charge < -0.3 is 24.4 Å². The molecule has 0 aliphatic rings. The van der Waals surface area contributed by atoms with Crippen LogP contribution in [0.4, 0.5) is 0 Å². The molecule has 246 valence electrons. The fraction of sp³-hybridized carbons (Fsp3) is 0.636. The number of hydrogen-bond donors (Lipinski definition) is 3.